The van der Waals surface area contributed by atoms with Crippen LogP contribution in [0.2, 0.25) is 0 Å². The van der Waals surface area contributed by atoms with Gasteiger partial charge in [-0.3, -0.25) is 0 Å². The molecule has 0 aliphatic heterocycles. The SMILES string of the molecule is CCCOc1nn(-c2cccc(C(F)(F)F)c2)c2ncccc12. The van der Waals surface area contributed by atoms with Crippen molar-refractivity contribution in [3.05, 3.63) is 48.2 Å². The third-order valence-electron chi connectivity index (χ3n) is 3.27. The van der Waals surface area contributed by atoms with Crippen molar-refractivity contribution in [1.29, 1.82) is 0 Å². The molecule has 0 unspecified atom stereocenters. The summed E-state index contributed by atoms with van der Waals surface area (Å²) in [6, 6.07) is 8.49. The molecule has 3 rings (SSSR count). The first-order valence-electron chi connectivity index (χ1n) is 7.15. The van der Waals surface area contributed by atoms with E-state index in [1.165, 1.54) is 10.7 Å². The number of hydrogen-bond donors (Lipinski definition) is 0. The molecule has 4 nitrogen and oxygen atoms in total. The number of nitrogens with zero attached hydrogens (tertiary/aromatic N) is 3. The Hall–Kier alpha value is -2.57. The number of alkyl halides is 3. The van der Waals surface area contributed by atoms with Gasteiger partial charge in [-0.15, -0.1) is 5.10 Å². The number of pyridine rings is 1. The molecule has 2 aromatic heterocycles. The summed E-state index contributed by atoms with van der Waals surface area (Å²) in [5.41, 5.74) is 0.0124. The predicted octanol–water partition coefficient (Wildman–Crippen LogP) is 4.23. The quantitative estimate of drug-likeness (QED) is 0.722. The van der Waals surface area contributed by atoms with Crippen molar-refractivity contribution in [3.8, 4) is 11.6 Å². The number of halogens is 3. The average Bonchev–Trinajstić information content (AvgIpc) is 2.91. The predicted molar refractivity (Wildman–Crippen MR) is 79.7 cm³/mol. The van der Waals surface area contributed by atoms with E-state index in [1.54, 1.807) is 24.4 Å². The van der Waals surface area contributed by atoms with E-state index in [2.05, 4.69) is 10.1 Å². The van der Waals surface area contributed by atoms with Gasteiger partial charge in [-0.2, -0.15) is 13.2 Å². The van der Waals surface area contributed by atoms with Crippen LogP contribution in [0.25, 0.3) is 16.7 Å². The summed E-state index contributed by atoms with van der Waals surface area (Å²) in [7, 11) is 0. The van der Waals surface area contributed by atoms with Gasteiger partial charge in [-0.05, 0) is 36.8 Å². The molecule has 0 amide bonds. The number of ether oxygens (including phenoxy) is 1. The first-order chi connectivity index (χ1) is 11.0. The minimum atomic E-state index is -4.41. The Morgan fingerprint density at radius 3 is 2.74 bits per heavy atom. The molecule has 0 N–H and O–H groups in total. The van der Waals surface area contributed by atoms with Gasteiger partial charge in [-0.25, -0.2) is 9.67 Å². The lowest BCUT2D eigenvalue weighted by atomic mass is 10.2. The lowest BCUT2D eigenvalue weighted by Gasteiger charge is -2.09. The van der Waals surface area contributed by atoms with Gasteiger partial charge < -0.3 is 4.74 Å². The van der Waals surface area contributed by atoms with Crippen LogP contribution in [-0.2, 0) is 6.18 Å². The van der Waals surface area contributed by atoms with Gasteiger partial charge in [0, 0.05) is 6.20 Å². The Labute approximate surface area is 130 Å². The smallest absolute Gasteiger partial charge is 0.416 e. The molecule has 7 heteroatoms. The highest BCUT2D eigenvalue weighted by Gasteiger charge is 2.30. The molecule has 0 fully saturated rings. The molecule has 0 atom stereocenters. The van der Waals surface area contributed by atoms with Crippen LogP contribution in [0.5, 0.6) is 5.88 Å². The maximum absolute atomic E-state index is 12.9. The maximum atomic E-state index is 12.9. The van der Waals surface area contributed by atoms with Crippen molar-refractivity contribution in [2.75, 3.05) is 6.61 Å². The normalized spacial score (nSPS) is 11.8. The van der Waals surface area contributed by atoms with E-state index in [1.807, 2.05) is 6.92 Å². The summed E-state index contributed by atoms with van der Waals surface area (Å²) in [6.07, 6.45) is -2.04. The molecule has 0 saturated heterocycles. The second-order valence-corrected chi connectivity index (χ2v) is 4.99. The highest BCUT2D eigenvalue weighted by molar-refractivity contribution is 5.82. The van der Waals surface area contributed by atoms with Gasteiger partial charge in [0.25, 0.3) is 0 Å². The monoisotopic (exact) mass is 321 g/mol. The fourth-order valence-corrected chi connectivity index (χ4v) is 2.22. The summed E-state index contributed by atoms with van der Waals surface area (Å²) < 4.78 is 45.6. The van der Waals surface area contributed by atoms with Gasteiger partial charge in [0.2, 0.25) is 5.88 Å². The highest BCUT2D eigenvalue weighted by atomic mass is 19.4. The van der Waals surface area contributed by atoms with E-state index in [0.717, 1.165) is 18.6 Å². The van der Waals surface area contributed by atoms with E-state index in [-0.39, 0.29) is 5.69 Å². The van der Waals surface area contributed by atoms with Gasteiger partial charge in [0.05, 0.1) is 23.2 Å². The van der Waals surface area contributed by atoms with Crippen LogP contribution < -0.4 is 4.74 Å². The van der Waals surface area contributed by atoms with Gasteiger partial charge in [-0.1, -0.05) is 13.0 Å². The molecule has 0 bridgehead atoms. The fourth-order valence-electron chi connectivity index (χ4n) is 2.22. The number of hydrogen-bond acceptors (Lipinski definition) is 3. The van der Waals surface area contributed by atoms with E-state index >= 15 is 0 Å². The Balaban J connectivity index is 2.13. The zero-order valence-electron chi connectivity index (χ0n) is 12.3. The van der Waals surface area contributed by atoms with Crippen LogP contribution >= 0.6 is 0 Å². The number of aromatic nitrogens is 3. The second kappa shape index (κ2) is 5.91. The van der Waals surface area contributed by atoms with Crippen molar-refractivity contribution in [2.24, 2.45) is 0 Å². The lowest BCUT2D eigenvalue weighted by Crippen LogP contribution is -2.07. The topological polar surface area (TPSA) is 39.9 Å². The van der Waals surface area contributed by atoms with Gasteiger partial charge in [0.15, 0.2) is 5.65 Å². The molecule has 120 valence electrons. The molecule has 1 aromatic carbocycles. The minimum Gasteiger partial charge on any atom is -0.476 e. The largest absolute Gasteiger partial charge is 0.476 e. The second-order valence-electron chi connectivity index (χ2n) is 4.99. The average molecular weight is 321 g/mol. The van der Waals surface area contributed by atoms with Crippen molar-refractivity contribution in [3.63, 3.8) is 0 Å². The molecule has 0 aliphatic carbocycles. The Morgan fingerprint density at radius 1 is 1.17 bits per heavy atom. The summed E-state index contributed by atoms with van der Waals surface area (Å²) in [4.78, 5) is 4.22. The standard InChI is InChI=1S/C16H14F3N3O/c1-2-9-23-15-13-7-4-8-20-14(13)22(21-15)12-6-3-5-11(10-12)16(17,18)19/h3-8,10H,2,9H2,1H3. The Kier molecular flexibility index (Phi) is 3.94. The third-order valence-corrected chi connectivity index (χ3v) is 3.27. The van der Waals surface area contributed by atoms with Crippen LogP contribution in [0.3, 0.4) is 0 Å². The minimum absolute atomic E-state index is 0.287. The molecular formula is C16H14F3N3O. The number of rotatable bonds is 4. The molecule has 3 aromatic rings. The molecule has 0 saturated carbocycles. The van der Waals surface area contributed by atoms with E-state index < -0.39 is 11.7 Å². The zero-order valence-corrected chi connectivity index (χ0v) is 12.3. The third kappa shape index (κ3) is 2.99. The molecule has 0 aliphatic rings. The van der Waals surface area contributed by atoms with Crippen molar-refractivity contribution >= 4 is 11.0 Å². The van der Waals surface area contributed by atoms with Crippen molar-refractivity contribution in [1.82, 2.24) is 14.8 Å². The molecule has 0 radical (unpaired) electrons. The molecule has 23 heavy (non-hydrogen) atoms. The van der Waals surface area contributed by atoms with Crippen LogP contribution in [0.15, 0.2) is 42.6 Å². The van der Waals surface area contributed by atoms with E-state index in [9.17, 15) is 13.2 Å². The maximum Gasteiger partial charge on any atom is 0.416 e. The molecule has 2 heterocycles. The summed E-state index contributed by atoms with van der Waals surface area (Å²) in [6.45, 7) is 2.44. The molecule has 0 spiro atoms. The lowest BCUT2D eigenvalue weighted by molar-refractivity contribution is -0.137. The van der Waals surface area contributed by atoms with Crippen LogP contribution in [-0.4, -0.2) is 21.4 Å². The summed E-state index contributed by atoms with van der Waals surface area (Å²) >= 11 is 0. The Morgan fingerprint density at radius 2 is 2.00 bits per heavy atom. The van der Waals surface area contributed by atoms with Gasteiger partial charge in [0.1, 0.15) is 0 Å². The number of fused-ring (bicyclic) bond motifs is 1. The number of benzene rings is 1. The van der Waals surface area contributed by atoms with Crippen molar-refractivity contribution < 1.29 is 17.9 Å². The highest BCUT2D eigenvalue weighted by Crippen LogP contribution is 2.32. The van der Waals surface area contributed by atoms with E-state index in [4.69, 9.17) is 4.74 Å². The van der Waals surface area contributed by atoms with Crippen LogP contribution in [0, 0.1) is 0 Å². The summed E-state index contributed by atoms with van der Waals surface area (Å²) in [5.74, 6) is 0.368. The molecular weight excluding hydrogens is 307 g/mol. The van der Waals surface area contributed by atoms with E-state index in [0.29, 0.717) is 23.5 Å². The fraction of sp³-hybridized carbons (Fsp3) is 0.250. The zero-order chi connectivity index (χ0) is 16.4. The first kappa shape index (κ1) is 15.3. The van der Waals surface area contributed by atoms with Crippen LogP contribution in [0.4, 0.5) is 13.2 Å². The van der Waals surface area contributed by atoms with Crippen LogP contribution in [0.1, 0.15) is 18.9 Å². The summed E-state index contributed by atoms with van der Waals surface area (Å²) in [5, 5.41) is 4.95. The van der Waals surface area contributed by atoms with Crippen molar-refractivity contribution in [2.45, 2.75) is 19.5 Å². The van der Waals surface area contributed by atoms with Gasteiger partial charge >= 0.3 is 6.18 Å². The first-order valence-corrected chi connectivity index (χ1v) is 7.15. The Bertz CT molecular complexity index is 827.